The summed E-state index contributed by atoms with van der Waals surface area (Å²) in [5.41, 5.74) is 5.59. The predicted molar refractivity (Wildman–Crippen MR) is 82.8 cm³/mol. The number of alkyl halides is 3. The van der Waals surface area contributed by atoms with Gasteiger partial charge >= 0.3 is 6.36 Å². The summed E-state index contributed by atoms with van der Waals surface area (Å²) in [4.78, 5) is 25.1. The molecule has 1 aliphatic rings. The Hall–Kier alpha value is -1.45. The van der Waals surface area contributed by atoms with Gasteiger partial charge in [-0.3, -0.25) is 9.59 Å². The number of hydrogen-bond acceptors (Lipinski definition) is 5. The second-order valence-electron chi connectivity index (χ2n) is 4.46. The average Bonchev–Trinajstić information content (AvgIpc) is 2.71. The normalized spacial score (nSPS) is 18.1. The Labute approximate surface area is 140 Å². The van der Waals surface area contributed by atoms with Crippen molar-refractivity contribution >= 4 is 41.7 Å². The van der Waals surface area contributed by atoms with Crippen molar-refractivity contribution in [2.75, 3.05) is 17.2 Å². The number of thioether (sulfide) groups is 1. The minimum Gasteiger partial charge on any atom is -0.406 e. The molecular formula is C13H14ClF3N2O3S. The molecule has 0 bridgehead atoms. The van der Waals surface area contributed by atoms with Gasteiger partial charge in [-0.05, 0) is 24.3 Å². The van der Waals surface area contributed by atoms with Crippen LogP contribution in [0.2, 0.25) is 0 Å². The zero-order valence-electron chi connectivity index (χ0n) is 11.7. The highest BCUT2D eigenvalue weighted by Crippen LogP contribution is 2.31. The summed E-state index contributed by atoms with van der Waals surface area (Å²) in [6.45, 7) is 0.395. The standard InChI is InChI=1S/C13H13F3N2O3S.ClH/c14-13(15,16)21-9-3-1-8(2-4-9)18-11(19)7-10(12(18)20)22-6-5-17;/h1-4,10H,5-7,17H2;1H. The van der Waals surface area contributed by atoms with Crippen LogP contribution < -0.4 is 15.4 Å². The summed E-state index contributed by atoms with van der Waals surface area (Å²) in [6, 6.07) is 4.60. The van der Waals surface area contributed by atoms with Crippen LogP contribution in [0, 0.1) is 0 Å². The van der Waals surface area contributed by atoms with E-state index in [0.29, 0.717) is 12.3 Å². The summed E-state index contributed by atoms with van der Waals surface area (Å²) in [5, 5.41) is -0.498. The highest BCUT2D eigenvalue weighted by atomic mass is 35.5. The largest absolute Gasteiger partial charge is 0.573 e. The molecule has 1 fully saturated rings. The van der Waals surface area contributed by atoms with Crippen LogP contribution in [0.4, 0.5) is 18.9 Å². The summed E-state index contributed by atoms with van der Waals surface area (Å²) in [5.74, 6) is -0.628. The zero-order valence-corrected chi connectivity index (χ0v) is 13.3. The molecule has 0 aromatic heterocycles. The number of nitrogens with zero attached hydrogens (tertiary/aromatic N) is 1. The van der Waals surface area contributed by atoms with E-state index in [1.165, 1.54) is 23.9 Å². The molecule has 0 radical (unpaired) electrons. The number of carbonyl (C=O) groups excluding carboxylic acids is 2. The van der Waals surface area contributed by atoms with Gasteiger partial charge in [-0.2, -0.15) is 0 Å². The zero-order chi connectivity index (χ0) is 16.3. The maximum absolute atomic E-state index is 12.2. The highest BCUT2D eigenvalue weighted by Gasteiger charge is 2.39. The van der Waals surface area contributed by atoms with Gasteiger partial charge in [0.1, 0.15) is 5.75 Å². The van der Waals surface area contributed by atoms with Gasteiger partial charge in [-0.15, -0.1) is 37.3 Å². The molecule has 23 heavy (non-hydrogen) atoms. The van der Waals surface area contributed by atoms with Gasteiger partial charge in [0, 0.05) is 18.7 Å². The van der Waals surface area contributed by atoms with E-state index in [1.54, 1.807) is 0 Å². The van der Waals surface area contributed by atoms with Gasteiger partial charge in [-0.1, -0.05) is 0 Å². The minimum atomic E-state index is -4.79. The first-order valence-electron chi connectivity index (χ1n) is 6.36. The molecule has 2 amide bonds. The minimum absolute atomic E-state index is 0. The lowest BCUT2D eigenvalue weighted by atomic mass is 10.3. The number of nitrogens with two attached hydrogens (primary N) is 1. The number of carbonyl (C=O) groups is 2. The molecule has 128 valence electrons. The number of halogens is 4. The maximum atomic E-state index is 12.2. The van der Waals surface area contributed by atoms with Crippen molar-refractivity contribution in [3.8, 4) is 5.75 Å². The van der Waals surface area contributed by atoms with E-state index in [4.69, 9.17) is 5.73 Å². The van der Waals surface area contributed by atoms with Crippen molar-refractivity contribution in [2.24, 2.45) is 5.73 Å². The number of ether oxygens (including phenoxy) is 1. The van der Waals surface area contributed by atoms with Crippen LogP contribution in [-0.2, 0) is 9.59 Å². The Kier molecular flexibility index (Phi) is 6.72. The van der Waals surface area contributed by atoms with Crippen molar-refractivity contribution in [1.29, 1.82) is 0 Å². The van der Waals surface area contributed by atoms with Gasteiger partial charge in [-0.25, -0.2) is 4.90 Å². The lowest BCUT2D eigenvalue weighted by molar-refractivity contribution is -0.274. The molecule has 1 aliphatic heterocycles. The molecule has 5 nitrogen and oxygen atoms in total. The fourth-order valence-corrected chi connectivity index (χ4v) is 2.94. The Bertz CT molecular complexity index is 569. The van der Waals surface area contributed by atoms with Gasteiger partial charge in [0.05, 0.1) is 10.9 Å². The number of anilines is 1. The average molecular weight is 371 g/mol. The van der Waals surface area contributed by atoms with E-state index < -0.39 is 17.4 Å². The van der Waals surface area contributed by atoms with Crippen LogP contribution in [-0.4, -0.2) is 35.7 Å². The number of imide groups is 1. The maximum Gasteiger partial charge on any atom is 0.573 e. The number of benzene rings is 1. The highest BCUT2D eigenvalue weighted by molar-refractivity contribution is 8.00. The van der Waals surface area contributed by atoms with E-state index in [1.807, 2.05) is 0 Å². The molecular weight excluding hydrogens is 357 g/mol. The van der Waals surface area contributed by atoms with Gasteiger partial charge in [0.25, 0.3) is 0 Å². The van der Waals surface area contributed by atoms with Gasteiger partial charge < -0.3 is 10.5 Å². The van der Waals surface area contributed by atoms with Crippen LogP contribution in [0.25, 0.3) is 0 Å². The number of hydrogen-bond donors (Lipinski definition) is 1. The monoisotopic (exact) mass is 370 g/mol. The second kappa shape index (κ2) is 7.89. The first kappa shape index (κ1) is 19.6. The Balaban J connectivity index is 0.00000264. The molecule has 1 atom stereocenters. The Morgan fingerprint density at radius 2 is 1.87 bits per heavy atom. The molecule has 2 rings (SSSR count). The molecule has 10 heteroatoms. The van der Waals surface area contributed by atoms with E-state index in [-0.39, 0.29) is 36.3 Å². The van der Waals surface area contributed by atoms with Crippen LogP contribution in [0.1, 0.15) is 6.42 Å². The van der Waals surface area contributed by atoms with E-state index >= 15 is 0 Å². The molecule has 2 N–H and O–H groups in total. The summed E-state index contributed by atoms with van der Waals surface area (Å²) >= 11 is 1.29. The second-order valence-corrected chi connectivity index (χ2v) is 5.77. The van der Waals surface area contributed by atoms with Crippen molar-refractivity contribution in [3.05, 3.63) is 24.3 Å². The molecule has 0 saturated carbocycles. The fourth-order valence-electron chi connectivity index (χ4n) is 2.01. The topological polar surface area (TPSA) is 72.6 Å². The van der Waals surface area contributed by atoms with Crippen molar-refractivity contribution in [3.63, 3.8) is 0 Å². The molecule has 0 spiro atoms. The van der Waals surface area contributed by atoms with Crippen molar-refractivity contribution < 1.29 is 27.5 Å². The lowest BCUT2D eigenvalue weighted by Crippen LogP contribution is -2.31. The van der Waals surface area contributed by atoms with E-state index in [0.717, 1.165) is 17.0 Å². The van der Waals surface area contributed by atoms with Crippen molar-refractivity contribution in [1.82, 2.24) is 0 Å². The number of amides is 2. The molecule has 1 aromatic carbocycles. The molecule has 0 aliphatic carbocycles. The van der Waals surface area contributed by atoms with Crippen LogP contribution in [0.15, 0.2) is 24.3 Å². The van der Waals surface area contributed by atoms with E-state index in [9.17, 15) is 22.8 Å². The fraction of sp³-hybridized carbons (Fsp3) is 0.385. The smallest absolute Gasteiger partial charge is 0.406 e. The first-order chi connectivity index (χ1) is 10.3. The van der Waals surface area contributed by atoms with Gasteiger partial charge in [0.2, 0.25) is 11.8 Å². The molecule has 1 heterocycles. The molecule has 1 saturated heterocycles. The molecule has 1 aromatic rings. The summed E-state index contributed by atoms with van der Waals surface area (Å²) < 4.78 is 40.0. The Morgan fingerprint density at radius 3 is 2.39 bits per heavy atom. The lowest BCUT2D eigenvalue weighted by Gasteiger charge is -2.16. The summed E-state index contributed by atoms with van der Waals surface area (Å²) in [7, 11) is 0. The number of rotatable bonds is 5. The SMILES string of the molecule is Cl.NCCSC1CC(=O)N(c2ccc(OC(F)(F)F)cc2)C1=O. The third-order valence-corrected chi connectivity index (χ3v) is 4.11. The quantitative estimate of drug-likeness (QED) is 0.805. The van der Waals surface area contributed by atoms with Crippen LogP contribution >= 0.6 is 24.2 Å². The Morgan fingerprint density at radius 1 is 1.26 bits per heavy atom. The van der Waals surface area contributed by atoms with Crippen LogP contribution in [0.3, 0.4) is 0 Å². The first-order valence-corrected chi connectivity index (χ1v) is 7.41. The van der Waals surface area contributed by atoms with Crippen LogP contribution in [0.5, 0.6) is 5.75 Å². The molecule has 1 unspecified atom stereocenters. The summed E-state index contributed by atoms with van der Waals surface area (Å²) in [6.07, 6.45) is -4.73. The van der Waals surface area contributed by atoms with E-state index in [2.05, 4.69) is 4.74 Å². The predicted octanol–water partition coefficient (Wildman–Crippen LogP) is 2.33. The third kappa shape index (κ3) is 5.02. The van der Waals surface area contributed by atoms with Crippen molar-refractivity contribution in [2.45, 2.75) is 18.0 Å². The third-order valence-electron chi connectivity index (χ3n) is 2.87. The van der Waals surface area contributed by atoms with Gasteiger partial charge in [0.15, 0.2) is 0 Å².